The third-order valence-corrected chi connectivity index (χ3v) is 3.02. The zero-order chi connectivity index (χ0) is 13.9. The van der Waals surface area contributed by atoms with Gasteiger partial charge in [-0.3, -0.25) is 4.98 Å². The lowest BCUT2D eigenvalue weighted by atomic mass is 9.86. The third kappa shape index (κ3) is 3.57. The molecule has 0 amide bonds. The molecule has 0 aliphatic heterocycles. The van der Waals surface area contributed by atoms with Crippen molar-refractivity contribution in [2.75, 3.05) is 0 Å². The minimum Gasteiger partial charge on any atom is -0.487 e. The molecule has 0 N–H and O–H groups in total. The Bertz CT molecular complexity index is 555. The van der Waals surface area contributed by atoms with Gasteiger partial charge >= 0.3 is 0 Å². The van der Waals surface area contributed by atoms with Crippen molar-refractivity contribution in [2.24, 2.45) is 0 Å². The Hall–Kier alpha value is -1.83. The van der Waals surface area contributed by atoms with E-state index in [4.69, 9.17) is 4.74 Å². The maximum Gasteiger partial charge on any atom is 0.130 e. The first-order valence-corrected chi connectivity index (χ1v) is 6.61. The van der Waals surface area contributed by atoms with E-state index in [9.17, 15) is 0 Å². The molecule has 2 aromatic rings. The van der Waals surface area contributed by atoms with Crippen LogP contribution >= 0.6 is 0 Å². The van der Waals surface area contributed by atoms with Gasteiger partial charge < -0.3 is 4.74 Å². The van der Waals surface area contributed by atoms with Crippen molar-refractivity contribution < 1.29 is 4.74 Å². The molecular formula is C17H21NO. The van der Waals surface area contributed by atoms with Gasteiger partial charge in [0.25, 0.3) is 0 Å². The number of aromatic nitrogens is 1. The van der Waals surface area contributed by atoms with Crippen LogP contribution in [0.4, 0.5) is 0 Å². The van der Waals surface area contributed by atoms with E-state index in [1.807, 2.05) is 37.3 Å². The number of ether oxygens (including phenoxy) is 1. The highest BCUT2D eigenvalue weighted by atomic mass is 16.5. The molecule has 1 aromatic carbocycles. The average Bonchev–Trinajstić information content (AvgIpc) is 2.36. The number of pyridine rings is 1. The van der Waals surface area contributed by atoms with Gasteiger partial charge in [-0.05, 0) is 36.1 Å². The van der Waals surface area contributed by atoms with Gasteiger partial charge in [0.2, 0.25) is 0 Å². The lowest BCUT2D eigenvalue weighted by molar-refractivity contribution is 0.293. The van der Waals surface area contributed by atoms with E-state index in [1.54, 1.807) is 0 Å². The van der Waals surface area contributed by atoms with E-state index in [0.717, 1.165) is 17.1 Å². The minimum atomic E-state index is 0.0800. The summed E-state index contributed by atoms with van der Waals surface area (Å²) in [6, 6.07) is 14.2. The standard InChI is InChI=1S/C17H21NO/c1-13-8-7-9-14(18-13)12-19-16-11-6-5-10-15(16)17(2,3)4/h5-11H,12H2,1-4H3. The van der Waals surface area contributed by atoms with E-state index in [0.29, 0.717) is 6.61 Å². The van der Waals surface area contributed by atoms with Gasteiger partial charge in [-0.2, -0.15) is 0 Å². The molecule has 19 heavy (non-hydrogen) atoms. The van der Waals surface area contributed by atoms with E-state index in [2.05, 4.69) is 37.9 Å². The van der Waals surface area contributed by atoms with Gasteiger partial charge in [-0.25, -0.2) is 0 Å². The lowest BCUT2D eigenvalue weighted by Gasteiger charge is -2.22. The topological polar surface area (TPSA) is 22.1 Å². The normalized spacial score (nSPS) is 11.4. The van der Waals surface area contributed by atoms with Crippen LogP contribution in [0.5, 0.6) is 5.75 Å². The predicted octanol–water partition coefficient (Wildman–Crippen LogP) is 4.27. The molecule has 0 saturated heterocycles. The maximum absolute atomic E-state index is 5.94. The summed E-state index contributed by atoms with van der Waals surface area (Å²) < 4.78 is 5.94. The molecule has 0 spiro atoms. The molecule has 0 fully saturated rings. The summed E-state index contributed by atoms with van der Waals surface area (Å²) in [6.07, 6.45) is 0. The average molecular weight is 255 g/mol. The number of rotatable bonds is 3. The molecule has 0 atom stereocenters. The van der Waals surface area contributed by atoms with E-state index in [1.165, 1.54) is 5.56 Å². The highest BCUT2D eigenvalue weighted by molar-refractivity contribution is 5.38. The first-order chi connectivity index (χ1) is 8.97. The zero-order valence-corrected chi connectivity index (χ0v) is 12.1. The second-order valence-corrected chi connectivity index (χ2v) is 5.81. The highest BCUT2D eigenvalue weighted by Crippen LogP contribution is 2.31. The van der Waals surface area contributed by atoms with Crippen molar-refractivity contribution in [3.8, 4) is 5.75 Å². The first kappa shape index (κ1) is 13.6. The Morgan fingerprint density at radius 2 is 1.74 bits per heavy atom. The highest BCUT2D eigenvalue weighted by Gasteiger charge is 2.18. The van der Waals surface area contributed by atoms with Gasteiger partial charge in [0, 0.05) is 5.69 Å². The van der Waals surface area contributed by atoms with Crippen molar-refractivity contribution in [1.29, 1.82) is 0 Å². The third-order valence-electron chi connectivity index (χ3n) is 3.02. The second-order valence-electron chi connectivity index (χ2n) is 5.81. The van der Waals surface area contributed by atoms with Crippen LogP contribution in [0.15, 0.2) is 42.5 Å². The summed E-state index contributed by atoms with van der Waals surface area (Å²) in [5.41, 5.74) is 3.29. The number of nitrogens with zero attached hydrogens (tertiary/aromatic N) is 1. The fourth-order valence-corrected chi connectivity index (χ4v) is 2.04. The van der Waals surface area contributed by atoms with Crippen LogP contribution in [0.2, 0.25) is 0 Å². The van der Waals surface area contributed by atoms with Gasteiger partial charge in [0.05, 0.1) is 5.69 Å². The van der Waals surface area contributed by atoms with Crippen LogP contribution in [-0.2, 0) is 12.0 Å². The van der Waals surface area contributed by atoms with Crippen LogP contribution in [0, 0.1) is 6.92 Å². The Balaban J connectivity index is 2.16. The lowest BCUT2D eigenvalue weighted by Crippen LogP contribution is -2.13. The van der Waals surface area contributed by atoms with Crippen molar-refractivity contribution >= 4 is 0 Å². The fraction of sp³-hybridized carbons (Fsp3) is 0.353. The number of benzene rings is 1. The molecule has 1 aromatic heterocycles. The van der Waals surface area contributed by atoms with E-state index >= 15 is 0 Å². The largest absolute Gasteiger partial charge is 0.487 e. The molecule has 0 radical (unpaired) electrons. The first-order valence-electron chi connectivity index (χ1n) is 6.61. The molecule has 100 valence electrons. The number of hydrogen-bond acceptors (Lipinski definition) is 2. The molecule has 0 unspecified atom stereocenters. The molecule has 0 saturated carbocycles. The van der Waals surface area contributed by atoms with Crippen LogP contribution in [0.1, 0.15) is 37.7 Å². The van der Waals surface area contributed by atoms with E-state index in [-0.39, 0.29) is 5.41 Å². The Labute approximate surface area is 115 Å². The van der Waals surface area contributed by atoms with Crippen LogP contribution < -0.4 is 4.74 Å². The molecule has 0 aliphatic carbocycles. The number of para-hydroxylation sites is 1. The Kier molecular flexibility index (Phi) is 3.89. The van der Waals surface area contributed by atoms with Gasteiger partial charge in [0.1, 0.15) is 12.4 Å². The monoisotopic (exact) mass is 255 g/mol. The molecule has 2 nitrogen and oxygen atoms in total. The summed E-state index contributed by atoms with van der Waals surface area (Å²) in [5, 5.41) is 0. The molecular weight excluding hydrogens is 234 g/mol. The Morgan fingerprint density at radius 1 is 1.00 bits per heavy atom. The van der Waals surface area contributed by atoms with Crippen molar-refractivity contribution in [3.63, 3.8) is 0 Å². The van der Waals surface area contributed by atoms with Gasteiger partial charge in [-0.1, -0.05) is 45.0 Å². The smallest absolute Gasteiger partial charge is 0.130 e. The number of aryl methyl sites for hydroxylation is 1. The van der Waals surface area contributed by atoms with Crippen LogP contribution in [-0.4, -0.2) is 4.98 Å². The van der Waals surface area contributed by atoms with Crippen molar-refractivity contribution in [1.82, 2.24) is 4.98 Å². The maximum atomic E-state index is 5.94. The van der Waals surface area contributed by atoms with E-state index < -0.39 is 0 Å². The fourth-order valence-electron chi connectivity index (χ4n) is 2.04. The zero-order valence-electron chi connectivity index (χ0n) is 12.1. The molecule has 1 heterocycles. The quantitative estimate of drug-likeness (QED) is 0.817. The van der Waals surface area contributed by atoms with Crippen molar-refractivity contribution in [2.45, 2.75) is 39.7 Å². The molecule has 0 aliphatic rings. The summed E-state index contributed by atoms with van der Waals surface area (Å²) in [5.74, 6) is 0.943. The Morgan fingerprint density at radius 3 is 2.42 bits per heavy atom. The summed E-state index contributed by atoms with van der Waals surface area (Å²) in [7, 11) is 0. The van der Waals surface area contributed by atoms with Crippen molar-refractivity contribution in [3.05, 3.63) is 59.4 Å². The van der Waals surface area contributed by atoms with Gasteiger partial charge in [-0.15, -0.1) is 0 Å². The minimum absolute atomic E-state index is 0.0800. The molecule has 0 bridgehead atoms. The SMILES string of the molecule is Cc1cccc(COc2ccccc2C(C)(C)C)n1. The summed E-state index contributed by atoms with van der Waals surface area (Å²) >= 11 is 0. The number of hydrogen-bond donors (Lipinski definition) is 0. The van der Waals surface area contributed by atoms with Crippen LogP contribution in [0.25, 0.3) is 0 Å². The second kappa shape index (κ2) is 5.43. The van der Waals surface area contributed by atoms with Gasteiger partial charge in [0.15, 0.2) is 0 Å². The molecule has 2 heteroatoms. The predicted molar refractivity (Wildman–Crippen MR) is 78.4 cm³/mol. The van der Waals surface area contributed by atoms with Crippen LogP contribution in [0.3, 0.4) is 0 Å². The molecule has 2 rings (SSSR count). The summed E-state index contributed by atoms with van der Waals surface area (Å²) in [4.78, 5) is 4.46. The summed E-state index contributed by atoms with van der Waals surface area (Å²) in [6.45, 7) is 9.09.